The molecular formula is C16H34O. The predicted molar refractivity (Wildman–Crippen MR) is 77.4 cm³/mol. The third-order valence-corrected chi connectivity index (χ3v) is 3.20. The molecule has 0 saturated heterocycles. The minimum Gasteiger partial charge on any atom is -0.370 e. The topological polar surface area (TPSA) is 9.23 Å². The largest absolute Gasteiger partial charge is 0.370 e. The number of hydrogen-bond donors (Lipinski definition) is 0. The number of hydrogen-bond acceptors (Lipinski definition) is 1. The van der Waals surface area contributed by atoms with Gasteiger partial charge in [0.2, 0.25) is 0 Å². The van der Waals surface area contributed by atoms with Crippen LogP contribution in [-0.4, -0.2) is 11.2 Å². The highest BCUT2D eigenvalue weighted by atomic mass is 16.5. The summed E-state index contributed by atoms with van der Waals surface area (Å²) in [5.74, 6) is 1.52. The molecule has 0 saturated carbocycles. The first-order valence-corrected chi connectivity index (χ1v) is 7.24. The van der Waals surface area contributed by atoms with Crippen molar-refractivity contribution in [1.29, 1.82) is 0 Å². The Morgan fingerprint density at radius 3 is 1.24 bits per heavy atom. The first-order valence-electron chi connectivity index (χ1n) is 7.24. The maximum Gasteiger partial charge on any atom is 0.0633 e. The van der Waals surface area contributed by atoms with Gasteiger partial charge in [0.15, 0.2) is 0 Å². The van der Waals surface area contributed by atoms with Crippen molar-refractivity contribution in [2.75, 3.05) is 0 Å². The van der Waals surface area contributed by atoms with Crippen molar-refractivity contribution in [2.45, 2.75) is 92.3 Å². The smallest absolute Gasteiger partial charge is 0.0633 e. The molecule has 0 aromatic carbocycles. The van der Waals surface area contributed by atoms with Gasteiger partial charge in [0.05, 0.1) is 11.2 Å². The fourth-order valence-electron chi connectivity index (χ4n) is 2.12. The molecule has 0 aromatic rings. The Balaban J connectivity index is 4.17. The van der Waals surface area contributed by atoms with Crippen LogP contribution in [0.1, 0.15) is 81.1 Å². The van der Waals surface area contributed by atoms with Gasteiger partial charge in [-0.3, -0.25) is 0 Å². The van der Waals surface area contributed by atoms with Crippen LogP contribution in [0.15, 0.2) is 0 Å². The van der Waals surface area contributed by atoms with Crippen LogP contribution in [-0.2, 0) is 4.74 Å². The van der Waals surface area contributed by atoms with Crippen LogP contribution >= 0.6 is 0 Å². The van der Waals surface area contributed by atoms with Crippen LogP contribution in [0.5, 0.6) is 0 Å². The molecular weight excluding hydrogens is 208 g/mol. The molecule has 0 fully saturated rings. The van der Waals surface area contributed by atoms with Gasteiger partial charge < -0.3 is 4.74 Å². The van der Waals surface area contributed by atoms with Crippen LogP contribution in [0, 0.1) is 11.8 Å². The lowest BCUT2D eigenvalue weighted by atomic mass is 9.93. The van der Waals surface area contributed by atoms with Crippen molar-refractivity contribution in [3.05, 3.63) is 0 Å². The Bertz CT molecular complexity index is 180. The molecule has 0 radical (unpaired) electrons. The van der Waals surface area contributed by atoms with Gasteiger partial charge in [-0.15, -0.1) is 0 Å². The molecule has 0 amide bonds. The van der Waals surface area contributed by atoms with Crippen LogP contribution in [0.3, 0.4) is 0 Å². The highest BCUT2D eigenvalue weighted by Gasteiger charge is 2.28. The molecule has 0 aliphatic rings. The molecule has 1 nitrogen and oxygen atoms in total. The zero-order valence-corrected chi connectivity index (χ0v) is 13.4. The van der Waals surface area contributed by atoms with Gasteiger partial charge in [-0.2, -0.15) is 0 Å². The SMILES string of the molecule is CC(C)CCC(C)(C)OC(C)(C)CCC(C)C. The van der Waals surface area contributed by atoms with E-state index in [2.05, 4.69) is 55.4 Å². The highest BCUT2D eigenvalue weighted by molar-refractivity contribution is 4.78. The van der Waals surface area contributed by atoms with Gasteiger partial charge in [0, 0.05) is 0 Å². The molecule has 0 aromatic heterocycles. The average molecular weight is 242 g/mol. The van der Waals surface area contributed by atoms with E-state index in [9.17, 15) is 0 Å². The molecule has 0 rings (SSSR count). The maximum atomic E-state index is 6.33. The summed E-state index contributed by atoms with van der Waals surface area (Å²) in [6.45, 7) is 18.0. The van der Waals surface area contributed by atoms with E-state index < -0.39 is 0 Å². The van der Waals surface area contributed by atoms with Gasteiger partial charge in [-0.05, 0) is 65.2 Å². The summed E-state index contributed by atoms with van der Waals surface area (Å²) in [5, 5.41) is 0. The summed E-state index contributed by atoms with van der Waals surface area (Å²) in [5.41, 5.74) is 0.00942. The fourth-order valence-corrected chi connectivity index (χ4v) is 2.12. The van der Waals surface area contributed by atoms with Crippen molar-refractivity contribution >= 4 is 0 Å². The van der Waals surface area contributed by atoms with Crippen molar-refractivity contribution in [3.8, 4) is 0 Å². The summed E-state index contributed by atoms with van der Waals surface area (Å²) in [6, 6.07) is 0. The van der Waals surface area contributed by atoms with Gasteiger partial charge >= 0.3 is 0 Å². The first-order chi connectivity index (χ1) is 7.54. The quantitative estimate of drug-likeness (QED) is 0.551. The van der Waals surface area contributed by atoms with Gasteiger partial charge in [-0.1, -0.05) is 27.7 Å². The van der Waals surface area contributed by atoms with Crippen molar-refractivity contribution in [2.24, 2.45) is 11.8 Å². The molecule has 17 heavy (non-hydrogen) atoms. The van der Waals surface area contributed by atoms with Crippen LogP contribution in [0.4, 0.5) is 0 Å². The molecule has 1 heteroatoms. The van der Waals surface area contributed by atoms with E-state index in [-0.39, 0.29) is 11.2 Å². The van der Waals surface area contributed by atoms with Crippen LogP contribution in [0.25, 0.3) is 0 Å². The standard InChI is InChI=1S/C16H34O/c1-13(2)9-11-15(5,6)17-16(7,8)12-10-14(3)4/h13-14H,9-12H2,1-8H3. The minimum atomic E-state index is 0.00471. The third-order valence-electron chi connectivity index (χ3n) is 3.20. The predicted octanol–water partition coefficient (Wildman–Crippen LogP) is 5.43. The zero-order valence-electron chi connectivity index (χ0n) is 13.4. The summed E-state index contributed by atoms with van der Waals surface area (Å²) in [4.78, 5) is 0. The molecule has 0 N–H and O–H groups in total. The monoisotopic (exact) mass is 242 g/mol. The second-order valence-corrected chi connectivity index (χ2v) is 7.49. The van der Waals surface area contributed by atoms with E-state index in [0.717, 1.165) is 24.7 Å². The van der Waals surface area contributed by atoms with Gasteiger partial charge in [0.1, 0.15) is 0 Å². The summed E-state index contributed by atoms with van der Waals surface area (Å²) < 4.78 is 6.33. The zero-order chi connectivity index (χ0) is 13.7. The molecule has 0 atom stereocenters. The van der Waals surface area contributed by atoms with E-state index in [1.807, 2.05) is 0 Å². The molecule has 0 aliphatic carbocycles. The minimum absolute atomic E-state index is 0.00471. The lowest BCUT2D eigenvalue weighted by Gasteiger charge is -2.37. The lowest BCUT2D eigenvalue weighted by molar-refractivity contribution is -0.132. The Morgan fingerprint density at radius 2 is 1.00 bits per heavy atom. The average Bonchev–Trinajstić information content (AvgIpc) is 2.10. The number of rotatable bonds is 8. The van der Waals surface area contributed by atoms with Crippen molar-refractivity contribution < 1.29 is 4.74 Å². The normalized spacial score (nSPS) is 13.8. The lowest BCUT2D eigenvalue weighted by Crippen LogP contribution is -2.37. The van der Waals surface area contributed by atoms with Gasteiger partial charge in [-0.25, -0.2) is 0 Å². The molecule has 104 valence electrons. The Labute approximate surface area is 109 Å². The second-order valence-electron chi connectivity index (χ2n) is 7.49. The molecule has 0 spiro atoms. The molecule has 0 heterocycles. The van der Waals surface area contributed by atoms with E-state index >= 15 is 0 Å². The Hall–Kier alpha value is -0.0400. The highest BCUT2D eigenvalue weighted by Crippen LogP contribution is 2.29. The third kappa shape index (κ3) is 9.64. The van der Waals surface area contributed by atoms with Gasteiger partial charge in [0.25, 0.3) is 0 Å². The van der Waals surface area contributed by atoms with E-state index in [1.54, 1.807) is 0 Å². The summed E-state index contributed by atoms with van der Waals surface area (Å²) in [6.07, 6.45) is 4.78. The van der Waals surface area contributed by atoms with Crippen molar-refractivity contribution in [1.82, 2.24) is 0 Å². The van der Waals surface area contributed by atoms with E-state index in [4.69, 9.17) is 4.74 Å². The summed E-state index contributed by atoms with van der Waals surface area (Å²) >= 11 is 0. The Kier molecular flexibility index (Phi) is 6.76. The van der Waals surface area contributed by atoms with Crippen LogP contribution < -0.4 is 0 Å². The van der Waals surface area contributed by atoms with Crippen LogP contribution in [0.2, 0.25) is 0 Å². The Morgan fingerprint density at radius 1 is 0.706 bits per heavy atom. The molecule has 0 unspecified atom stereocenters. The summed E-state index contributed by atoms with van der Waals surface area (Å²) in [7, 11) is 0. The fraction of sp³-hybridized carbons (Fsp3) is 1.00. The molecule has 0 aliphatic heterocycles. The van der Waals surface area contributed by atoms with E-state index in [0.29, 0.717) is 0 Å². The van der Waals surface area contributed by atoms with E-state index in [1.165, 1.54) is 12.8 Å². The first kappa shape index (κ1) is 17.0. The maximum absolute atomic E-state index is 6.33. The second kappa shape index (κ2) is 6.78. The van der Waals surface area contributed by atoms with Crippen molar-refractivity contribution in [3.63, 3.8) is 0 Å². The number of ether oxygens (including phenoxy) is 1. The molecule has 0 bridgehead atoms.